The van der Waals surface area contributed by atoms with Crippen LogP contribution in [0, 0.1) is 11.3 Å². The Morgan fingerprint density at radius 1 is 0.941 bits per heavy atom. The van der Waals surface area contributed by atoms with Gasteiger partial charge < -0.3 is 20.5 Å². The maximum atomic E-state index is 13.0. The zero-order chi connectivity index (χ0) is 25.0. The van der Waals surface area contributed by atoms with E-state index in [4.69, 9.17) is 4.74 Å². The molecule has 2 aromatic rings. The molecule has 0 aromatic heterocycles. The molecular formula is C27H34N2O5. The van der Waals surface area contributed by atoms with Crippen LogP contribution in [-0.4, -0.2) is 41.8 Å². The summed E-state index contributed by atoms with van der Waals surface area (Å²) in [6, 6.07) is 14.1. The molecule has 7 nitrogen and oxygen atoms in total. The van der Waals surface area contributed by atoms with E-state index in [1.807, 2.05) is 50.2 Å². The van der Waals surface area contributed by atoms with Crippen LogP contribution >= 0.6 is 0 Å². The highest BCUT2D eigenvalue weighted by Crippen LogP contribution is 2.44. The van der Waals surface area contributed by atoms with E-state index in [1.54, 1.807) is 20.8 Å². The highest BCUT2D eigenvalue weighted by Gasteiger charge is 2.36. The number of carbonyl (C=O) groups is 3. The van der Waals surface area contributed by atoms with Crippen LogP contribution in [0.25, 0.3) is 11.1 Å². The van der Waals surface area contributed by atoms with E-state index in [0.717, 1.165) is 22.3 Å². The van der Waals surface area contributed by atoms with E-state index in [2.05, 4.69) is 22.8 Å². The molecule has 0 radical (unpaired) electrons. The highest BCUT2D eigenvalue weighted by molar-refractivity contribution is 5.90. The van der Waals surface area contributed by atoms with Crippen LogP contribution in [-0.2, 0) is 14.3 Å². The molecule has 2 atom stereocenters. The summed E-state index contributed by atoms with van der Waals surface area (Å²) in [5.41, 5.74) is 3.79. The average molecular weight is 467 g/mol. The van der Waals surface area contributed by atoms with Crippen molar-refractivity contribution >= 4 is 18.0 Å². The summed E-state index contributed by atoms with van der Waals surface area (Å²) in [5, 5.41) is 14.7. The summed E-state index contributed by atoms with van der Waals surface area (Å²) >= 11 is 0. The van der Waals surface area contributed by atoms with Gasteiger partial charge in [-0.1, -0.05) is 83.1 Å². The van der Waals surface area contributed by atoms with Crippen LogP contribution in [0.3, 0.4) is 0 Å². The zero-order valence-corrected chi connectivity index (χ0v) is 20.4. The monoisotopic (exact) mass is 466 g/mol. The van der Waals surface area contributed by atoms with Gasteiger partial charge in [-0.25, -0.2) is 9.59 Å². The number of nitrogens with one attached hydrogen (secondary N) is 2. The Morgan fingerprint density at radius 3 is 1.94 bits per heavy atom. The van der Waals surface area contributed by atoms with Crippen molar-refractivity contribution in [3.63, 3.8) is 0 Å². The number of carbonyl (C=O) groups excluding carboxylic acids is 2. The first-order chi connectivity index (χ1) is 16.0. The minimum Gasteiger partial charge on any atom is -0.480 e. The van der Waals surface area contributed by atoms with Gasteiger partial charge in [0, 0.05) is 5.92 Å². The van der Waals surface area contributed by atoms with E-state index < -0.39 is 35.5 Å². The lowest BCUT2D eigenvalue weighted by atomic mass is 9.86. The van der Waals surface area contributed by atoms with Crippen molar-refractivity contribution in [3.8, 4) is 11.1 Å². The molecule has 0 heterocycles. The van der Waals surface area contributed by atoms with E-state index in [9.17, 15) is 19.5 Å². The molecule has 2 unspecified atom stereocenters. The van der Waals surface area contributed by atoms with Crippen LogP contribution in [0.1, 0.15) is 58.1 Å². The maximum Gasteiger partial charge on any atom is 0.407 e. The van der Waals surface area contributed by atoms with Gasteiger partial charge in [-0.3, -0.25) is 4.79 Å². The molecular weight excluding hydrogens is 432 g/mol. The average Bonchev–Trinajstić information content (AvgIpc) is 3.08. The van der Waals surface area contributed by atoms with Crippen molar-refractivity contribution in [1.82, 2.24) is 10.6 Å². The fourth-order valence-electron chi connectivity index (χ4n) is 4.38. The number of hydrogen-bond acceptors (Lipinski definition) is 4. The quantitative estimate of drug-likeness (QED) is 0.529. The fourth-order valence-corrected chi connectivity index (χ4v) is 4.38. The van der Waals surface area contributed by atoms with Crippen LogP contribution in [0.4, 0.5) is 4.79 Å². The number of alkyl carbamates (subject to hydrolysis) is 1. The van der Waals surface area contributed by atoms with E-state index in [1.165, 1.54) is 0 Å². The van der Waals surface area contributed by atoms with E-state index in [-0.39, 0.29) is 18.4 Å². The number of carboxylic acid groups (broad SMARTS) is 1. The summed E-state index contributed by atoms with van der Waals surface area (Å²) in [6.07, 6.45) is -0.421. The standard InChI is InChI=1S/C27H34N2O5/c1-16(2)14-22(25(31)32)28-24(30)23(27(3,4)5)29-26(33)34-15-21-19-12-8-6-10-17(19)18-11-7-9-13-20(18)21/h6-13,16,21-23H,14-15H2,1-5H3,(H,28,30)(H,29,33)(H,31,32). The number of carboxylic acids is 1. The molecule has 0 spiro atoms. The lowest BCUT2D eigenvalue weighted by Crippen LogP contribution is -2.56. The van der Waals surface area contributed by atoms with Crippen molar-refractivity contribution in [2.45, 2.75) is 59.0 Å². The number of rotatable bonds is 8. The fraction of sp³-hybridized carbons (Fsp3) is 0.444. The SMILES string of the molecule is CC(C)CC(NC(=O)C(NC(=O)OCC1c2ccccc2-c2ccccc21)C(C)(C)C)C(=O)O. The van der Waals surface area contributed by atoms with Crippen molar-refractivity contribution in [3.05, 3.63) is 59.7 Å². The number of aliphatic carboxylic acids is 1. The van der Waals surface area contributed by atoms with Gasteiger partial charge in [0.2, 0.25) is 5.91 Å². The van der Waals surface area contributed by atoms with Crippen LogP contribution in [0.5, 0.6) is 0 Å². The first-order valence-corrected chi connectivity index (χ1v) is 11.6. The highest BCUT2D eigenvalue weighted by atomic mass is 16.5. The van der Waals surface area contributed by atoms with E-state index >= 15 is 0 Å². The zero-order valence-electron chi connectivity index (χ0n) is 20.4. The number of benzene rings is 2. The van der Waals surface area contributed by atoms with E-state index in [0.29, 0.717) is 6.42 Å². The van der Waals surface area contributed by atoms with Gasteiger partial charge in [-0.05, 0) is 40.0 Å². The Morgan fingerprint density at radius 2 is 1.47 bits per heavy atom. The van der Waals surface area contributed by atoms with Crippen molar-refractivity contribution in [1.29, 1.82) is 0 Å². The second kappa shape index (κ2) is 10.3. The van der Waals surface area contributed by atoms with Crippen molar-refractivity contribution in [2.24, 2.45) is 11.3 Å². The van der Waals surface area contributed by atoms with Gasteiger partial charge in [0.1, 0.15) is 18.7 Å². The third-order valence-electron chi connectivity index (χ3n) is 6.06. The molecule has 3 rings (SSSR count). The largest absolute Gasteiger partial charge is 0.480 e. The Kier molecular flexibility index (Phi) is 7.64. The summed E-state index contributed by atoms with van der Waals surface area (Å²) in [4.78, 5) is 37.3. The second-order valence-electron chi connectivity index (χ2n) is 10.3. The molecule has 0 saturated heterocycles. The lowest BCUT2D eigenvalue weighted by molar-refractivity contribution is -0.143. The van der Waals surface area contributed by atoms with Crippen LogP contribution < -0.4 is 10.6 Å². The molecule has 2 amide bonds. The Labute approximate surface area is 200 Å². The summed E-state index contributed by atoms with van der Waals surface area (Å²) in [6.45, 7) is 9.32. The molecule has 7 heteroatoms. The maximum absolute atomic E-state index is 13.0. The molecule has 2 aromatic carbocycles. The third-order valence-corrected chi connectivity index (χ3v) is 6.06. The predicted molar refractivity (Wildman–Crippen MR) is 130 cm³/mol. The van der Waals surface area contributed by atoms with Crippen molar-refractivity contribution < 1.29 is 24.2 Å². The first-order valence-electron chi connectivity index (χ1n) is 11.6. The van der Waals surface area contributed by atoms with Crippen LogP contribution in [0.2, 0.25) is 0 Å². The molecule has 182 valence electrons. The number of fused-ring (bicyclic) bond motifs is 3. The predicted octanol–water partition coefficient (Wildman–Crippen LogP) is 4.56. The smallest absolute Gasteiger partial charge is 0.407 e. The minimum atomic E-state index is -1.10. The van der Waals surface area contributed by atoms with Crippen LogP contribution in [0.15, 0.2) is 48.5 Å². The molecule has 34 heavy (non-hydrogen) atoms. The van der Waals surface area contributed by atoms with Gasteiger partial charge >= 0.3 is 12.1 Å². The number of ether oxygens (including phenoxy) is 1. The summed E-state index contributed by atoms with van der Waals surface area (Å²) in [5.74, 6) is -1.66. The molecule has 1 aliphatic carbocycles. The number of amides is 2. The first kappa shape index (κ1) is 25.3. The van der Waals surface area contributed by atoms with Crippen molar-refractivity contribution in [2.75, 3.05) is 6.61 Å². The Bertz CT molecular complexity index is 1010. The molecule has 1 aliphatic rings. The van der Waals surface area contributed by atoms with Gasteiger partial charge in [-0.15, -0.1) is 0 Å². The number of hydrogen-bond donors (Lipinski definition) is 3. The third kappa shape index (κ3) is 5.76. The molecule has 0 aliphatic heterocycles. The Hall–Kier alpha value is -3.35. The minimum absolute atomic E-state index is 0.0876. The molecule has 3 N–H and O–H groups in total. The molecule has 0 saturated carbocycles. The van der Waals surface area contributed by atoms with Gasteiger partial charge in [-0.2, -0.15) is 0 Å². The molecule has 0 bridgehead atoms. The van der Waals surface area contributed by atoms with Gasteiger partial charge in [0.25, 0.3) is 0 Å². The van der Waals surface area contributed by atoms with Gasteiger partial charge in [0.15, 0.2) is 0 Å². The topological polar surface area (TPSA) is 105 Å². The summed E-state index contributed by atoms with van der Waals surface area (Å²) < 4.78 is 5.59. The lowest BCUT2D eigenvalue weighted by Gasteiger charge is -2.31. The normalized spacial score (nSPS) is 14.6. The molecule has 0 fully saturated rings. The summed E-state index contributed by atoms with van der Waals surface area (Å²) in [7, 11) is 0. The van der Waals surface area contributed by atoms with Gasteiger partial charge in [0.05, 0.1) is 0 Å². The Balaban J connectivity index is 1.69. The second-order valence-corrected chi connectivity index (χ2v) is 10.3.